The first-order chi connectivity index (χ1) is 8.51. The second kappa shape index (κ2) is 4.65. The Bertz CT molecular complexity index is 555. The number of hydrogen-bond donors (Lipinski definition) is 2. The van der Waals surface area contributed by atoms with Gasteiger partial charge in [0.25, 0.3) is 0 Å². The van der Waals surface area contributed by atoms with Crippen LogP contribution in [-0.2, 0) is 5.41 Å². The van der Waals surface area contributed by atoms with Gasteiger partial charge >= 0.3 is 0 Å². The van der Waals surface area contributed by atoms with Gasteiger partial charge in [-0.05, 0) is 25.6 Å². The Kier molecular flexibility index (Phi) is 3.35. The van der Waals surface area contributed by atoms with E-state index < -0.39 is 0 Å². The van der Waals surface area contributed by atoms with Gasteiger partial charge in [-0.3, -0.25) is 0 Å². The van der Waals surface area contributed by atoms with Gasteiger partial charge < -0.3 is 15.0 Å². The van der Waals surface area contributed by atoms with Crippen molar-refractivity contribution in [3.63, 3.8) is 0 Å². The zero-order valence-corrected chi connectivity index (χ0v) is 11.8. The fourth-order valence-electron chi connectivity index (χ4n) is 2.89. The van der Waals surface area contributed by atoms with Crippen molar-refractivity contribution in [3.8, 4) is 5.75 Å². The summed E-state index contributed by atoms with van der Waals surface area (Å²) in [6.45, 7) is 7.60. The Labute approximate surface area is 109 Å². The topological polar surface area (TPSA) is 37.0 Å². The molecular weight excluding hydrogens is 224 g/mol. The highest BCUT2D eigenvalue weighted by Crippen LogP contribution is 2.36. The van der Waals surface area contributed by atoms with Crippen molar-refractivity contribution in [3.05, 3.63) is 29.5 Å². The van der Waals surface area contributed by atoms with Crippen molar-refractivity contribution in [2.45, 2.75) is 26.2 Å². The van der Waals surface area contributed by atoms with E-state index in [1.54, 1.807) is 7.11 Å². The summed E-state index contributed by atoms with van der Waals surface area (Å²) in [5.74, 6) is 0.905. The maximum absolute atomic E-state index is 5.42. The predicted octanol–water partition coefficient (Wildman–Crippen LogP) is 2.98. The fourth-order valence-corrected chi connectivity index (χ4v) is 2.89. The van der Waals surface area contributed by atoms with Crippen LogP contribution in [0.25, 0.3) is 10.9 Å². The van der Waals surface area contributed by atoms with Gasteiger partial charge in [0.1, 0.15) is 5.75 Å². The lowest BCUT2D eigenvalue weighted by molar-refractivity contribution is 0.419. The van der Waals surface area contributed by atoms with Crippen LogP contribution in [0.4, 0.5) is 0 Å². The van der Waals surface area contributed by atoms with Crippen LogP contribution in [0.3, 0.4) is 0 Å². The largest absolute Gasteiger partial charge is 0.495 e. The first-order valence-electron chi connectivity index (χ1n) is 6.31. The molecule has 18 heavy (non-hydrogen) atoms. The van der Waals surface area contributed by atoms with Crippen molar-refractivity contribution in [1.29, 1.82) is 0 Å². The minimum atomic E-state index is 0.0868. The quantitative estimate of drug-likeness (QED) is 0.870. The molecule has 1 heterocycles. The Balaban J connectivity index is 2.68. The van der Waals surface area contributed by atoms with Gasteiger partial charge in [0.2, 0.25) is 0 Å². The summed E-state index contributed by atoms with van der Waals surface area (Å²) >= 11 is 0. The lowest BCUT2D eigenvalue weighted by atomic mass is 9.82. The van der Waals surface area contributed by atoms with Crippen molar-refractivity contribution in [2.75, 3.05) is 20.7 Å². The fraction of sp³-hybridized carbons (Fsp3) is 0.467. The summed E-state index contributed by atoms with van der Waals surface area (Å²) in [5.41, 5.74) is 3.76. The number of ether oxygens (including phenoxy) is 1. The summed E-state index contributed by atoms with van der Waals surface area (Å²) in [7, 11) is 3.70. The van der Waals surface area contributed by atoms with E-state index in [1.165, 1.54) is 16.6 Å². The summed E-state index contributed by atoms with van der Waals surface area (Å²) in [4.78, 5) is 3.46. The van der Waals surface area contributed by atoms with Crippen LogP contribution in [-0.4, -0.2) is 25.7 Å². The van der Waals surface area contributed by atoms with E-state index in [0.29, 0.717) is 0 Å². The monoisotopic (exact) mass is 246 g/mol. The molecule has 0 radical (unpaired) electrons. The third-order valence-corrected chi connectivity index (χ3v) is 3.50. The molecule has 98 valence electrons. The number of nitrogens with one attached hydrogen (secondary N) is 2. The summed E-state index contributed by atoms with van der Waals surface area (Å²) in [6.07, 6.45) is 0. The molecule has 0 fully saturated rings. The molecule has 3 heteroatoms. The first-order valence-corrected chi connectivity index (χ1v) is 6.31. The van der Waals surface area contributed by atoms with Gasteiger partial charge in [-0.2, -0.15) is 0 Å². The normalized spacial score (nSPS) is 12.1. The molecule has 0 saturated heterocycles. The van der Waals surface area contributed by atoms with Gasteiger partial charge in [-0.1, -0.05) is 26.0 Å². The molecule has 0 spiro atoms. The van der Waals surface area contributed by atoms with Gasteiger partial charge in [0.15, 0.2) is 0 Å². The highest BCUT2D eigenvalue weighted by atomic mass is 16.5. The third kappa shape index (κ3) is 1.99. The van der Waals surface area contributed by atoms with Crippen molar-refractivity contribution >= 4 is 10.9 Å². The second-order valence-corrected chi connectivity index (χ2v) is 5.42. The second-order valence-electron chi connectivity index (χ2n) is 5.42. The molecule has 0 bridgehead atoms. The molecule has 2 N–H and O–H groups in total. The molecule has 0 aliphatic heterocycles. The molecule has 2 rings (SSSR count). The Morgan fingerprint density at radius 2 is 2.06 bits per heavy atom. The molecule has 0 atom stereocenters. The van der Waals surface area contributed by atoms with Gasteiger partial charge in [0, 0.05) is 23.0 Å². The summed E-state index contributed by atoms with van der Waals surface area (Å²) < 4.78 is 5.42. The Hall–Kier alpha value is -1.48. The third-order valence-electron chi connectivity index (χ3n) is 3.50. The van der Waals surface area contributed by atoms with E-state index in [2.05, 4.69) is 37.1 Å². The van der Waals surface area contributed by atoms with E-state index in [1.807, 2.05) is 19.2 Å². The number of para-hydroxylation sites is 1. The minimum Gasteiger partial charge on any atom is -0.495 e. The minimum absolute atomic E-state index is 0.0868. The average molecular weight is 246 g/mol. The van der Waals surface area contributed by atoms with Crippen molar-refractivity contribution < 1.29 is 4.74 Å². The van der Waals surface area contributed by atoms with E-state index in [-0.39, 0.29) is 5.41 Å². The van der Waals surface area contributed by atoms with Crippen LogP contribution in [0.2, 0.25) is 0 Å². The van der Waals surface area contributed by atoms with Crippen LogP contribution >= 0.6 is 0 Å². The number of aromatic nitrogens is 1. The van der Waals surface area contributed by atoms with Crippen LogP contribution in [0.1, 0.15) is 25.1 Å². The van der Waals surface area contributed by atoms with Gasteiger partial charge in [-0.15, -0.1) is 0 Å². The Morgan fingerprint density at radius 3 is 2.67 bits per heavy atom. The standard InChI is InChI=1S/C15H22N2O/c1-10-13(15(2,3)9-16-4)11-7-6-8-12(18-5)14(11)17-10/h6-8,16-17H,9H2,1-5H3. The van der Waals surface area contributed by atoms with Crippen LogP contribution < -0.4 is 10.1 Å². The lowest BCUT2D eigenvalue weighted by Gasteiger charge is -2.25. The van der Waals surface area contributed by atoms with Crippen LogP contribution in [0.5, 0.6) is 5.75 Å². The average Bonchev–Trinajstić information content (AvgIpc) is 2.65. The van der Waals surface area contributed by atoms with Crippen LogP contribution in [0.15, 0.2) is 18.2 Å². The maximum Gasteiger partial charge on any atom is 0.142 e. The number of fused-ring (bicyclic) bond motifs is 1. The zero-order valence-electron chi connectivity index (χ0n) is 11.8. The SMILES string of the molecule is CNCC(C)(C)c1c(C)[nH]c2c(OC)cccc12. The first kappa shape index (κ1) is 13.0. The lowest BCUT2D eigenvalue weighted by Crippen LogP contribution is -2.31. The van der Waals surface area contributed by atoms with Gasteiger partial charge in [-0.25, -0.2) is 0 Å². The molecule has 0 amide bonds. The number of benzene rings is 1. The molecular formula is C15H22N2O. The van der Waals surface area contributed by atoms with E-state index in [9.17, 15) is 0 Å². The van der Waals surface area contributed by atoms with E-state index in [4.69, 9.17) is 4.74 Å². The van der Waals surface area contributed by atoms with Crippen molar-refractivity contribution in [1.82, 2.24) is 10.3 Å². The zero-order chi connectivity index (χ0) is 13.3. The summed E-state index contributed by atoms with van der Waals surface area (Å²) in [5, 5.41) is 4.53. The predicted molar refractivity (Wildman–Crippen MR) is 76.5 cm³/mol. The molecule has 3 nitrogen and oxygen atoms in total. The number of H-pyrrole nitrogens is 1. The molecule has 1 aromatic carbocycles. The Morgan fingerprint density at radius 1 is 1.33 bits per heavy atom. The molecule has 0 aliphatic rings. The molecule has 0 aliphatic carbocycles. The number of aryl methyl sites for hydroxylation is 1. The smallest absolute Gasteiger partial charge is 0.142 e. The van der Waals surface area contributed by atoms with Crippen LogP contribution in [0, 0.1) is 6.92 Å². The highest BCUT2D eigenvalue weighted by Gasteiger charge is 2.26. The van der Waals surface area contributed by atoms with Crippen molar-refractivity contribution in [2.24, 2.45) is 0 Å². The molecule has 0 unspecified atom stereocenters. The number of aromatic amines is 1. The summed E-state index contributed by atoms with van der Waals surface area (Å²) in [6, 6.07) is 6.20. The molecule has 2 aromatic rings. The molecule has 0 saturated carbocycles. The van der Waals surface area contributed by atoms with E-state index >= 15 is 0 Å². The van der Waals surface area contributed by atoms with Gasteiger partial charge in [0.05, 0.1) is 12.6 Å². The van der Waals surface area contributed by atoms with E-state index in [0.717, 1.165) is 17.8 Å². The molecule has 1 aromatic heterocycles. The number of hydrogen-bond acceptors (Lipinski definition) is 2. The number of rotatable bonds is 4. The maximum atomic E-state index is 5.42. The number of likely N-dealkylation sites (N-methyl/N-ethyl adjacent to an activating group) is 1. The number of methoxy groups -OCH3 is 1. The highest BCUT2D eigenvalue weighted by molar-refractivity contribution is 5.90.